The molecule has 1 aliphatic heterocycles. The molecule has 2 aromatic heterocycles. The van der Waals surface area contributed by atoms with Crippen molar-refractivity contribution in [3.8, 4) is 11.6 Å². The number of nitrogens with one attached hydrogen (secondary N) is 2. The Balaban J connectivity index is 1.30. The number of carbonyl (C=O) groups excluding carboxylic acids is 1. The highest BCUT2D eigenvalue weighted by Gasteiger charge is 2.59. The molecule has 2 atom stereocenters. The third-order valence-corrected chi connectivity index (χ3v) is 8.09. The number of hydrogen-bond acceptors (Lipinski definition) is 9. The summed E-state index contributed by atoms with van der Waals surface area (Å²) in [6, 6.07) is 12.3. The highest BCUT2D eigenvalue weighted by molar-refractivity contribution is 7.89. The average Bonchev–Trinajstić information content (AvgIpc) is 3.55. The topological polar surface area (TPSA) is 149 Å². The van der Waals surface area contributed by atoms with Crippen LogP contribution >= 0.6 is 11.6 Å². The first kappa shape index (κ1) is 25.6. The first-order valence-electron chi connectivity index (χ1n) is 11.4. The second-order valence-electron chi connectivity index (χ2n) is 9.13. The van der Waals surface area contributed by atoms with Crippen molar-refractivity contribution >= 4 is 27.5 Å². The van der Waals surface area contributed by atoms with Crippen LogP contribution in [0.4, 0.5) is 0 Å². The largest absolute Gasteiger partial charge is 0.469 e. The van der Waals surface area contributed by atoms with Crippen molar-refractivity contribution in [1.29, 1.82) is 0 Å². The highest BCUT2D eigenvalue weighted by atomic mass is 35.5. The van der Waals surface area contributed by atoms with Crippen LogP contribution in [0.1, 0.15) is 25.5 Å². The molecule has 5 rings (SSSR count). The number of benzene rings is 1. The first-order chi connectivity index (χ1) is 17.6. The summed E-state index contributed by atoms with van der Waals surface area (Å²) in [5, 5.41) is 9.85. The molecule has 196 valence electrons. The Morgan fingerprint density at radius 2 is 1.86 bits per heavy atom. The SMILES string of the molecule is CC1(Cc2ccco2)OC2CC(NS(=O)(=O)c3ccc(Oc4ccc(Cl)cn4)cc3)(C(=O)NO)CC2O1. The van der Waals surface area contributed by atoms with Gasteiger partial charge in [0.1, 0.15) is 17.0 Å². The summed E-state index contributed by atoms with van der Waals surface area (Å²) in [6.07, 6.45) is 2.08. The lowest BCUT2D eigenvalue weighted by Gasteiger charge is -2.31. The minimum Gasteiger partial charge on any atom is -0.469 e. The first-order valence-corrected chi connectivity index (χ1v) is 13.2. The Hall–Kier alpha value is -3.00. The number of amides is 1. The van der Waals surface area contributed by atoms with E-state index < -0.39 is 39.5 Å². The molecule has 1 amide bonds. The highest BCUT2D eigenvalue weighted by Crippen LogP contribution is 2.45. The number of halogens is 1. The summed E-state index contributed by atoms with van der Waals surface area (Å²) in [5.41, 5.74) is -0.103. The van der Waals surface area contributed by atoms with Gasteiger partial charge >= 0.3 is 0 Å². The van der Waals surface area contributed by atoms with E-state index >= 15 is 0 Å². The number of carbonyl (C=O) groups is 1. The maximum absolute atomic E-state index is 13.2. The summed E-state index contributed by atoms with van der Waals surface area (Å²) in [4.78, 5) is 16.7. The summed E-state index contributed by atoms with van der Waals surface area (Å²) in [7, 11) is -4.19. The molecule has 0 bridgehead atoms. The minimum absolute atomic E-state index is 0.0412. The zero-order valence-electron chi connectivity index (χ0n) is 19.6. The number of furan rings is 1. The summed E-state index contributed by atoms with van der Waals surface area (Å²) in [5.74, 6) is -0.596. The van der Waals surface area contributed by atoms with Crippen LogP contribution in [0, 0.1) is 0 Å². The molecule has 3 aromatic rings. The van der Waals surface area contributed by atoms with Crippen LogP contribution in [-0.2, 0) is 30.7 Å². The molecule has 3 heterocycles. The molecular weight excluding hydrogens is 526 g/mol. The third-order valence-electron chi connectivity index (χ3n) is 6.31. The van der Waals surface area contributed by atoms with Crippen molar-refractivity contribution in [3.05, 3.63) is 71.8 Å². The molecule has 0 radical (unpaired) electrons. The molecule has 37 heavy (non-hydrogen) atoms. The molecule has 2 aliphatic rings. The lowest BCUT2D eigenvalue weighted by molar-refractivity contribution is -0.173. The van der Waals surface area contributed by atoms with Gasteiger partial charge in [-0.3, -0.25) is 10.0 Å². The van der Waals surface area contributed by atoms with Crippen LogP contribution in [-0.4, -0.2) is 48.1 Å². The van der Waals surface area contributed by atoms with Crippen molar-refractivity contribution < 1.29 is 37.0 Å². The van der Waals surface area contributed by atoms with E-state index in [9.17, 15) is 18.4 Å². The summed E-state index contributed by atoms with van der Waals surface area (Å²) >= 11 is 5.82. The van der Waals surface area contributed by atoms with Gasteiger partial charge in [0.05, 0.1) is 34.8 Å². The Morgan fingerprint density at radius 3 is 2.43 bits per heavy atom. The van der Waals surface area contributed by atoms with Gasteiger partial charge in [-0.2, -0.15) is 4.72 Å². The number of fused-ring (bicyclic) bond motifs is 1. The van der Waals surface area contributed by atoms with Gasteiger partial charge in [0, 0.05) is 25.1 Å². The van der Waals surface area contributed by atoms with Gasteiger partial charge in [-0.1, -0.05) is 11.6 Å². The van der Waals surface area contributed by atoms with E-state index in [0.29, 0.717) is 23.0 Å². The number of pyridine rings is 1. The van der Waals surface area contributed by atoms with Crippen LogP contribution in [0.2, 0.25) is 5.02 Å². The monoisotopic (exact) mass is 549 g/mol. The molecule has 11 nitrogen and oxygen atoms in total. The number of nitrogens with zero attached hydrogens (tertiary/aromatic N) is 1. The van der Waals surface area contributed by atoms with Crippen molar-refractivity contribution in [3.63, 3.8) is 0 Å². The fourth-order valence-corrected chi connectivity index (χ4v) is 6.22. The van der Waals surface area contributed by atoms with Crippen LogP contribution in [0.3, 0.4) is 0 Å². The van der Waals surface area contributed by atoms with E-state index in [0.717, 1.165) is 0 Å². The fraction of sp³-hybridized carbons (Fsp3) is 0.333. The van der Waals surface area contributed by atoms with Crippen molar-refractivity contribution in [2.75, 3.05) is 0 Å². The Kier molecular flexibility index (Phi) is 6.73. The number of hydrogen-bond donors (Lipinski definition) is 3. The van der Waals surface area contributed by atoms with E-state index in [4.69, 9.17) is 30.2 Å². The number of ether oxygens (including phenoxy) is 3. The fourth-order valence-electron chi connectivity index (χ4n) is 4.72. The molecule has 0 spiro atoms. The minimum atomic E-state index is -4.19. The average molecular weight is 550 g/mol. The van der Waals surface area contributed by atoms with E-state index in [1.165, 1.54) is 30.5 Å². The Bertz CT molecular complexity index is 1350. The number of rotatable bonds is 8. The van der Waals surface area contributed by atoms with E-state index in [1.807, 2.05) is 0 Å². The number of hydroxylamine groups is 1. The third kappa shape index (κ3) is 5.35. The van der Waals surface area contributed by atoms with E-state index in [-0.39, 0.29) is 23.6 Å². The maximum atomic E-state index is 13.2. The van der Waals surface area contributed by atoms with E-state index in [2.05, 4.69) is 9.71 Å². The molecule has 1 saturated heterocycles. The van der Waals surface area contributed by atoms with Gasteiger partial charge in [0.15, 0.2) is 5.79 Å². The number of aromatic nitrogens is 1. The zero-order valence-corrected chi connectivity index (χ0v) is 21.2. The van der Waals surface area contributed by atoms with Gasteiger partial charge in [-0.25, -0.2) is 18.9 Å². The predicted molar refractivity (Wildman–Crippen MR) is 129 cm³/mol. The molecule has 1 saturated carbocycles. The van der Waals surface area contributed by atoms with Gasteiger partial charge < -0.3 is 18.6 Å². The smallest absolute Gasteiger partial charge is 0.264 e. The Morgan fingerprint density at radius 1 is 1.16 bits per heavy atom. The molecule has 13 heteroatoms. The van der Waals surface area contributed by atoms with Crippen LogP contribution in [0.15, 0.2) is 70.3 Å². The molecule has 1 aliphatic carbocycles. The molecule has 3 N–H and O–H groups in total. The summed E-state index contributed by atoms with van der Waals surface area (Å²) < 4.78 is 52.1. The van der Waals surface area contributed by atoms with Crippen molar-refractivity contribution in [1.82, 2.24) is 15.2 Å². The van der Waals surface area contributed by atoms with Crippen molar-refractivity contribution in [2.45, 2.75) is 54.6 Å². The maximum Gasteiger partial charge on any atom is 0.264 e. The van der Waals surface area contributed by atoms with Crippen LogP contribution < -0.4 is 14.9 Å². The van der Waals surface area contributed by atoms with E-state index in [1.54, 1.807) is 42.9 Å². The van der Waals surface area contributed by atoms with Gasteiger partial charge in [-0.15, -0.1) is 0 Å². The second kappa shape index (κ2) is 9.71. The predicted octanol–water partition coefficient (Wildman–Crippen LogP) is 3.18. The van der Waals surface area contributed by atoms with Crippen LogP contribution in [0.25, 0.3) is 0 Å². The van der Waals surface area contributed by atoms with Crippen LogP contribution in [0.5, 0.6) is 11.6 Å². The molecular formula is C24H24ClN3O8S. The second-order valence-corrected chi connectivity index (χ2v) is 11.2. The Labute approximate surface area is 217 Å². The van der Waals surface area contributed by atoms with Gasteiger partial charge in [0.25, 0.3) is 5.91 Å². The normalized spacial score (nSPS) is 27.1. The molecule has 1 aromatic carbocycles. The zero-order chi connectivity index (χ0) is 26.3. The number of sulfonamides is 1. The molecule has 2 fully saturated rings. The quantitative estimate of drug-likeness (QED) is 0.284. The molecule has 2 unspecified atom stereocenters. The van der Waals surface area contributed by atoms with Crippen molar-refractivity contribution in [2.24, 2.45) is 0 Å². The summed E-state index contributed by atoms with van der Waals surface area (Å²) in [6.45, 7) is 1.76. The van der Waals surface area contributed by atoms with Gasteiger partial charge in [-0.05, 0) is 49.4 Å². The lowest BCUT2D eigenvalue weighted by Crippen LogP contribution is -2.57. The van der Waals surface area contributed by atoms with Gasteiger partial charge in [0.2, 0.25) is 15.9 Å². The standard InChI is InChI=1S/C24H24ClN3O8S/c1-23(11-17-3-2-10-33-17)35-19-12-24(22(29)27-30,13-20(19)36-23)28-37(31,32)18-7-5-16(6-8-18)34-21-9-4-15(25)14-26-21/h2-10,14,19-20,28,30H,11-13H2,1H3,(H,27,29). The lowest BCUT2D eigenvalue weighted by atomic mass is 9.98.